The van der Waals surface area contributed by atoms with Crippen LogP contribution in [0.1, 0.15) is 41.0 Å². The first-order valence-electron chi connectivity index (χ1n) is 9.87. The fourth-order valence-electron chi connectivity index (χ4n) is 3.27. The minimum absolute atomic E-state index is 0. The molecule has 0 amide bonds. The molecule has 1 aliphatic heterocycles. The monoisotopic (exact) mass is 484 g/mol. The Balaban J connectivity index is 0.00000625. The predicted octanol–water partition coefficient (Wildman–Crippen LogP) is 2.58. The summed E-state index contributed by atoms with van der Waals surface area (Å²) in [4.78, 5) is 6.89. The lowest BCUT2D eigenvalue weighted by Crippen LogP contribution is -2.52. The van der Waals surface area contributed by atoms with Crippen LogP contribution in [0.2, 0.25) is 0 Å². The van der Waals surface area contributed by atoms with Gasteiger partial charge in [0.25, 0.3) is 0 Å². The molecule has 0 aliphatic carbocycles. The standard InChI is InChI=1S/C19H40N4O2.HI/c1-7-25-18(16(4)5)8-9-21-19(20-6)22-14-17(15(2)3)23-10-12-24-13-11-23;/h15-18H,7-14H2,1-6H3,(H2,20,21,22);1H. The Morgan fingerprint density at radius 2 is 1.77 bits per heavy atom. The van der Waals surface area contributed by atoms with E-state index in [1.165, 1.54) is 0 Å². The summed E-state index contributed by atoms with van der Waals surface area (Å²) in [6.45, 7) is 17.3. The zero-order valence-electron chi connectivity index (χ0n) is 17.6. The Labute approximate surface area is 177 Å². The third kappa shape index (κ3) is 9.71. The van der Waals surface area contributed by atoms with E-state index in [0.29, 0.717) is 24.0 Å². The lowest BCUT2D eigenvalue weighted by Gasteiger charge is -2.37. The van der Waals surface area contributed by atoms with Crippen molar-refractivity contribution in [3.05, 3.63) is 0 Å². The average molecular weight is 484 g/mol. The minimum Gasteiger partial charge on any atom is -0.379 e. The van der Waals surface area contributed by atoms with E-state index in [1.54, 1.807) is 0 Å². The molecule has 0 bridgehead atoms. The summed E-state index contributed by atoms with van der Waals surface area (Å²) in [5.74, 6) is 1.99. The van der Waals surface area contributed by atoms with Gasteiger partial charge in [-0.15, -0.1) is 24.0 Å². The minimum atomic E-state index is 0. The summed E-state index contributed by atoms with van der Waals surface area (Å²) in [5, 5.41) is 6.92. The van der Waals surface area contributed by atoms with Crippen LogP contribution in [0.5, 0.6) is 0 Å². The Bertz CT molecular complexity index is 375. The maximum Gasteiger partial charge on any atom is 0.191 e. The van der Waals surface area contributed by atoms with Crippen LogP contribution in [0.15, 0.2) is 4.99 Å². The van der Waals surface area contributed by atoms with Gasteiger partial charge in [0.1, 0.15) is 0 Å². The van der Waals surface area contributed by atoms with E-state index in [-0.39, 0.29) is 24.0 Å². The van der Waals surface area contributed by atoms with E-state index < -0.39 is 0 Å². The zero-order valence-corrected chi connectivity index (χ0v) is 19.9. The van der Waals surface area contributed by atoms with E-state index in [1.807, 2.05) is 7.05 Å². The Kier molecular flexibility index (Phi) is 14.8. The van der Waals surface area contributed by atoms with Gasteiger partial charge in [-0.05, 0) is 25.2 Å². The highest BCUT2D eigenvalue weighted by Gasteiger charge is 2.23. The lowest BCUT2D eigenvalue weighted by atomic mass is 10.0. The second kappa shape index (κ2) is 14.9. The van der Waals surface area contributed by atoms with Crippen LogP contribution in [0.25, 0.3) is 0 Å². The van der Waals surface area contributed by atoms with Gasteiger partial charge in [-0.2, -0.15) is 0 Å². The van der Waals surface area contributed by atoms with Crippen molar-refractivity contribution in [3.63, 3.8) is 0 Å². The average Bonchev–Trinajstić information content (AvgIpc) is 2.60. The molecular weight excluding hydrogens is 443 g/mol. The summed E-state index contributed by atoms with van der Waals surface area (Å²) in [7, 11) is 1.83. The van der Waals surface area contributed by atoms with E-state index in [9.17, 15) is 0 Å². The molecule has 1 heterocycles. The van der Waals surface area contributed by atoms with E-state index >= 15 is 0 Å². The molecule has 0 aromatic carbocycles. The maximum atomic E-state index is 5.81. The number of rotatable bonds is 10. The van der Waals surface area contributed by atoms with Crippen LogP contribution in [0.3, 0.4) is 0 Å². The van der Waals surface area contributed by atoms with E-state index in [4.69, 9.17) is 9.47 Å². The van der Waals surface area contributed by atoms with Gasteiger partial charge in [-0.25, -0.2) is 0 Å². The van der Waals surface area contributed by atoms with E-state index in [0.717, 1.165) is 58.4 Å². The Morgan fingerprint density at radius 3 is 2.27 bits per heavy atom. The van der Waals surface area contributed by atoms with Crippen molar-refractivity contribution in [1.82, 2.24) is 15.5 Å². The van der Waals surface area contributed by atoms with Gasteiger partial charge in [0, 0.05) is 45.9 Å². The molecule has 7 heteroatoms. The molecule has 0 aromatic heterocycles. The number of aliphatic imine (C=N–C) groups is 1. The van der Waals surface area contributed by atoms with Crippen LogP contribution in [-0.2, 0) is 9.47 Å². The number of hydrogen-bond donors (Lipinski definition) is 2. The van der Waals surface area contributed by atoms with Gasteiger partial charge in [0.15, 0.2) is 5.96 Å². The largest absolute Gasteiger partial charge is 0.379 e. The van der Waals surface area contributed by atoms with Crippen LogP contribution in [-0.4, -0.2) is 76.1 Å². The smallest absolute Gasteiger partial charge is 0.191 e. The van der Waals surface area contributed by atoms with Gasteiger partial charge < -0.3 is 20.1 Å². The highest BCUT2D eigenvalue weighted by atomic mass is 127. The molecule has 0 spiro atoms. The number of nitrogens with zero attached hydrogens (tertiary/aromatic N) is 2. The highest BCUT2D eigenvalue weighted by molar-refractivity contribution is 14.0. The summed E-state index contributed by atoms with van der Waals surface area (Å²) < 4.78 is 11.3. The van der Waals surface area contributed by atoms with Gasteiger partial charge in [-0.3, -0.25) is 9.89 Å². The fraction of sp³-hybridized carbons (Fsp3) is 0.947. The molecule has 1 fully saturated rings. The van der Waals surface area contributed by atoms with Crippen molar-refractivity contribution in [2.45, 2.75) is 53.2 Å². The van der Waals surface area contributed by atoms with Crippen LogP contribution in [0.4, 0.5) is 0 Å². The number of nitrogens with one attached hydrogen (secondary N) is 2. The molecular formula is C19H41IN4O2. The quantitative estimate of drug-likeness (QED) is 0.284. The Morgan fingerprint density at radius 1 is 1.12 bits per heavy atom. The maximum absolute atomic E-state index is 5.81. The van der Waals surface area contributed by atoms with Gasteiger partial charge in [0.2, 0.25) is 0 Å². The molecule has 26 heavy (non-hydrogen) atoms. The first kappa shape index (κ1) is 25.9. The topological polar surface area (TPSA) is 58.1 Å². The highest BCUT2D eigenvalue weighted by Crippen LogP contribution is 2.12. The van der Waals surface area contributed by atoms with Crippen molar-refractivity contribution in [2.75, 3.05) is 53.0 Å². The van der Waals surface area contributed by atoms with Crippen LogP contribution < -0.4 is 10.6 Å². The van der Waals surface area contributed by atoms with Crippen molar-refractivity contribution >= 4 is 29.9 Å². The molecule has 156 valence electrons. The second-order valence-corrected chi connectivity index (χ2v) is 7.37. The molecule has 2 unspecified atom stereocenters. The first-order valence-corrected chi connectivity index (χ1v) is 9.87. The molecule has 1 saturated heterocycles. The summed E-state index contributed by atoms with van der Waals surface area (Å²) in [6, 6.07) is 0.495. The molecule has 1 rings (SSSR count). The van der Waals surface area contributed by atoms with Crippen molar-refractivity contribution in [2.24, 2.45) is 16.8 Å². The van der Waals surface area contributed by atoms with Crippen LogP contribution in [0, 0.1) is 11.8 Å². The Hall–Kier alpha value is -0.120. The van der Waals surface area contributed by atoms with E-state index in [2.05, 4.69) is 55.1 Å². The number of morpholine rings is 1. The number of guanidine groups is 1. The molecule has 6 nitrogen and oxygen atoms in total. The zero-order chi connectivity index (χ0) is 18.7. The summed E-state index contributed by atoms with van der Waals surface area (Å²) in [5.41, 5.74) is 0. The van der Waals surface area contributed by atoms with Gasteiger partial charge in [-0.1, -0.05) is 27.7 Å². The second-order valence-electron chi connectivity index (χ2n) is 7.37. The molecule has 1 aliphatic rings. The third-order valence-electron chi connectivity index (χ3n) is 4.83. The van der Waals surface area contributed by atoms with Crippen LogP contribution >= 0.6 is 24.0 Å². The normalized spacial score (nSPS) is 18.5. The summed E-state index contributed by atoms with van der Waals surface area (Å²) >= 11 is 0. The molecule has 0 aromatic rings. The SMILES string of the molecule is CCOC(CCNC(=NC)NCC(C(C)C)N1CCOCC1)C(C)C.I. The van der Waals surface area contributed by atoms with Gasteiger partial charge in [0.05, 0.1) is 19.3 Å². The number of hydrogen-bond acceptors (Lipinski definition) is 4. The lowest BCUT2D eigenvalue weighted by molar-refractivity contribution is 0.00750. The van der Waals surface area contributed by atoms with Crippen molar-refractivity contribution in [3.8, 4) is 0 Å². The van der Waals surface area contributed by atoms with Crippen molar-refractivity contribution < 1.29 is 9.47 Å². The number of halogens is 1. The van der Waals surface area contributed by atoms with Gasteiger partial charge >= 0.3 is 0 Å². The number of ether oxygens (including phenoxy) is 2. The molecule has 0 radical (unpaired) electrons. The third-order valence-corrected chi connectivity index (χ3v) is 4.83. The molecule has 2 N–H and O–H groups in total. The fourth-order valence-corrected chi connectivity index (χ4v) is 3.27. The first-order chi connectivity index (χ1) is 12.0. The predicted molar refractivity (Wildman–Crippen MR) is 121 cm³/mol. The van der Waals surface area contributed by atoms with Crippen molar-refractivity contribution in [1.29, 1.82) is 0 Å². The molecule has 2 atom stereocenters. The molecule has 0 saturated carbocycles. The summed E-state index contributed by atoms with van der Waals surface area (Å²) in [6.07, 6.45) is 1.29.